The molecule has 0 aliphatic heterocycles. The van der Waals surface area contributed by atoms with Gasteiger partial charge in [0.2, 0.25) is 0 Å². The van der Waals surface area contributed by atoms with Gasteiger partial charge in [-0.3, -0.25) is 4.79 Å². The van der Waals surface area contributed by atoms with Crippen molar-refractivity contribution in [3.8, 4) is 0 Å². The molecule has 0 aliphatic carbocycles. The van der Waals surface area contributed by atoms with Gasteiger partial charge >= 0.3 is 5.97 Å². The lowest BCUT2D eigenvalue weighted by Gasteiger charge is -1.74. The zero-order chi connectivity index (χ0) is 8.53. The molecule has 0 atom stereocenters. The molecule has 0 bridgehead atoms. The standard InChI is InChI=1S/C6H6.C2H3ClO2/c1-2-4-6-5-3-1;1-2(4)5-3/h1-6H;1H3. The Hall–Kier alpha value is -1.02. The van der Waals surface area contributed by atoms with E-state index >= 15 is 0 Å². The smallest absolute Gasteiger partial charge is 0.321 e. The van der Waals surface area contributed by atoms with Crippen molar-refractivity contribution < 1.29 is 9.08 Å². The van der Waals surface area contributed by atoms with Crippen LogP contribution in [0, 0.1) is 0 Å². The lowest BCUT2D eigenvalue weighted by molar-refractivity contribution is -0.131. The first-order chi connectivity index (χ1) is 5.27. The fourth-order valence-corrected chi connectivity index (χ4v) is 0.385. The van der Waals surface area contributed by atoms with Crippen molar-refractivity contribution in [2.75, 3.05) is 0 Å². The molecule has 0 amide bonds. The molecule has 0 saturated carbocycles. The molecule has 1 rings (SSSR count). The third-order valence-electron chi connectivity index (χ3n) is 0.775. The number of carbonyl (C=O) groups is 1. The van der Waals surface area contributed by atoms with Crippen molar-refractivity contribution in [1.82, 2.24) is 0 Å². The highest BCUT2D eigenvalue weighted by molar-refractivity contribution is 6.12. The first-order valence-electron chi connectivity index (χ1n) is 3.06. The molecule has 0 spiro atoms. The third kappa shape index (κ3) is 8.98. The molecular formula is C8H9ClO2. The number of benzene rings is 1. The minimum Gasteiger partial charge on any atom is -0.348 e. The summed E-state index contributed by atoms with van der Waals surface area (Å²) in [5.41, 5.74) is 0. The van der Waals surface area contributed by atoms with Gasteiger partial charge in [-0.2, -0.15) is 0 Å². The number of carbonyl (C=O) groups excluding carboxylic acids is 1. The molecule has 0 radical (unpaired) electrons. The van der Waals surface area contributed by atoms with Gasteiger partial charge in [0.25, 0.3) is 0 Å². The van der Waals surface area contributed by atoms with Crippen LogP contribution in [0.2, 0.25) is 0 Å². The van der Waals surface area contributed by atoms with Crippen molar-refractivity contribution in [1.29, 1.82) is 0 Å². The number of halogens is 1. The van der Waals surface area contributed by atoms with Crippen LogP contribution in [-0.4, -0.2) is 5.97 Å². The maximum absolute atomic E-state index is 9.46. The van der Waals surface area contributed by atoms with Gasteiger partial charge in [0, 0.05) is 6.92 Å². The summed E-state index contributed by atoms with van der Waals surface area (Å²) < 4.78 is 3.58. The first kappa shape index (κ1) is 9.98. The second kappa shape index (κ2) is 7.09. The van der Waals surface area contributed by atoms with Crippen LogP contribution >= 0.6 is 11.9 Å². The molecule has 0 heterocycles. The zero-order valence-electron chi connectivity index (χ0n) is 6.16. The van der Waals surface area contributed by atoms with Crippen LogP contribution < -0.4 is 0 Å². The van der Waals surface area contributed by atoms with E-state index in [2.05, 4.69) is 16.2 Å². The molecule has 0 fully saturated rings. The Kier molecular flexibility index (Phi) is 6.43. The van der Waals surface area contributed by atoms with Crippen molar-refractivity contribution in [3.63, 3.8) is 0 Å². The highest BCUT2D eigenvalue weighted by Crippen LogP contribution is 1.79. The fraction of sp³-hybridized carbons (Fsp3) is 0.125. The topological polar surface area (TPSA) is 26.3 Å². The first-order valence-corrected chi connectivity index (χ1v) is 3.37. The van der Waals surface area contributed by atoms with E-state index in [9.17, 15) is 4.79 Å². The quantitative estimate of drug-likeness (QED) is 0.601. The lowest BCUT2D eigenvalue weighted by atomic mass is 10.4. The van der Waals surface area contributed by atoms with Crippen LogP contribution in [0.3, 0.4) is 0 Å². The minimum absolute atomic E-state index is 0.480. The van der Waals surface area contributed by atoms with Crippen molar-refractivity contribution >= 4 is 17.8 Å². The maximum atomic E-state index is 9.46. The fourth-order valence-electron chi connectivity index (χ4n) is 0.385. The molecular weight excluding hydrogens is 164 g/mol. The summed E-state index contributed by atoms with van der Waals surface area (Å²) in [4.78, 5) is 9.46. The summed E-state index contributed by atoms with van der Waals surface area (Å²) in [6, 6.07) is 12.0. The highest BCUT2D eigenvalue weighted by atomic mass is 35.5. The SMILES string of the molecule is CC(=O)OCl.c1ccccc1. The van der Waals surface area contributed by atoms with E-state index in [1.807, 2.05) is 36.4 Å². The second-order valence-corrected chi connectivity index (χ2v) is 1.88. The van der Waals surface area contributed by atoms with E-state index in [-0.39, 0.29) is 0 Å². The molecule has 60 valence electrons. The molecule has 0 saturated heterocycles. The summed E-state index contributed by atoms with van der Waals surface area (Å²) in [5, 5.41) is 0. The Morgan fingerprint density at radius 3 is 1.36 bits per heavy atom. The average molecular weight is 173 g/mol. The summed E-state index contributed by atoms with van der Waals surface area (Å²) in [5.74, 6) is -0.480. The van der Waals surface area contributed by atoms with Gasteiger partial charge in [-0.15, -0.1) is 0 Å². The van der Waals surface area contributed by atoms with Crippen molar-refractivity contribution in [3.05, 3.63) is 36.4 Å². The summed E-state index contributed by atoms with van der Waals surface area (Å²) in [7, 11) is 0. The van der Waals surface area contributed by atoms with Gasteiger partial charge in [0.15, 0.2) is 0 Å². The minimum atomic E-state index is -0.480. The van der Waals surface area contributed by atoms with Crippen LogP contribution in [0.25, 0.3) is 0 Å². The lowest BCUT2D eigenvalue weighted by Crippen LogP contribution is -1.82. The van der Waals surface area contributed by atoms with E-state index in [1.165, 1.54) is 6.92 Å². The predicted molar refractivity (Wildman–Crippen MR) is 44.1 cm³/mol. The van der Waals surface area contributed by atoms with E-state index in [0.29, 0.717) is 0 Å². The van der Waals surface area contributed by atoms with Gasteiger partial charge in [-0.1, -0.05) is 36.4 Å². The summed E-state index contributed by atoms with van der Waals surface area (Å²) >= 11 is 4.49. The Morgan fingerprint density at radius 1 is 1.09 bits per heavy atom. The van der Waals surface area contributed by atoms with E-state index in [1.54, 1.807) is 0 Å². The molecule has 0 aliphatic rings. The van der Waals surface area contributed by atoms with Crippen LogP contribution in [-0.2, 0) is 9.08 Å². The number of hydrogen-bond acceptors (Lipinski definition) is 2. The van der Waals surface area contributed by atoms with E-state index < -0.39 is 5.97 Å². The molecule has 1 aromatic rings. The molecule has 2 nitrogen and oxygen atoms in total. The Morgan fingerprint density at radius 2 is 1.27 bits per heavy atom. The van der Waals surface area contributed by atoms with E-state index in [4.69, 9.17) is 0 Å². The van der Waals surface area contributed by atoms with Gasteiger partial charge in [-0.25, -0.2) is 0 Å². The van der Waals surface area contributed by atoms with Gasteiger partial charge < -0.3 is 4.29 Å². The molecule has 3 heteroatoms. The molecule has 0 N–H and O–H groups in total. The second-order valence-electron chi connectivity index (χ2n) is 1.72. The zero-order valence-corrected chi connectivity index (χ0v) is 6.91. The van der Waals surface area contributed by atoms with Crippen molar-refractivity contribution in [2.24, 2.45) is 0 Å². The molecule has 11 heavy (non-hydrogen) atoms. The van der Waals surface area contributed by atoms with Gasteiger partial charge in [0.1, 0.15) is 11.9 Å². The largest absolute Gasteiger partial charge is 0.348 e. The molecule has 0 unspecified atom stereocenters. The van der Waals surface area contributed by atoms with Gasteiger partial charge in [0.05, 0.1) is 0 Å². The third-order valence-corrected chi connectivity index (χ3v) is 0.993. The maximum Gasteiger partial charge on any atom is 0.321 e. The number of hydrogen-bond donors (Lipinski definition) is 0. The van der Waals surface area contributed by atoms with Gasteiger partial charge in [-0.05, 0) is 0 Å². The summed E-state index contributed by atoms with van der Waals surface area (Å²) in [6.45, 7) is 1.23. The van der Waals surface area contributed by atoms with E-state index in [0.717, 1.165) is 0 Å². The normalized spacial score (nSPS) is 7.45. The van der Waals surface area contributed by atoms with Crippen molar-refractivity contribution in [2.45, 2.75) is 6.92 Å². The monoisotopic (exact) mass is 172 g/mol. The Labute approximate surface area is 70.9 Å². The van der Waals surface area contributed by atoms with Crippen LogP contribution in [0.15, 0.2) is 36.4 Å². The summed E-state index contributed by atoms with van der Waals surface area (Å²) in [6.07, 6.45) is 0. The Bertz CT molecular complexity index is 160. The average Bonchev–Trinajstić information content (AvgIpc) is 2.09. The van der Waals surface area contributed by atoms with Crippen LogP contribution in [0.1, 0.15) is 6.92 Å². The Balaban J connectivity index is 0.000000187. The highest BCUT2D eigenvalue weighted by Gasteiger charge is 1.79. The number of rotatable bonds is 0. The molecule has 0 aromatic heterocycles. The van der Waals surface area contributed by atoms with Crippen LogP contribution in [0.4, 0.5) is 0 Å². The molecule has 1 aromatic carbocycles. The van der Waals surface area contributed by atoms with Crippen LogP contribution in [0.5, 0.6) is 0 Å². The predicted octanol–water partition coefficient (Wildman–Crippen LogP) is 2.39.